The molecule has 2 N–H and O–H groups in total. The second-order valence-corrected chi connectivity index (χ2v) is 5.35. The van der Waals surface area contributed by atoms with E-state index in [-0.39, 0.29) is 12.6 Å². The highest BCUT2D eigenvalue weighted by Crippen LogP contribution is 2.45. The van der Waals surface area contributed by atoms with Gasteiger partial charge in [0.25, 0.3) is 5.91 Å². The number of rotatable bonds is 3. The molecule has 1 aliphatic carbocycles. The molecule has 8 nitrogen and oxygen atoms in total. The normalized spacial score (nSPS) is 22.0. The Kier molecular flexibility index (Phi) is 3.51. The summed E-state index contributed by atoms with van der Waals surface area (Å²) in [5, 5.41) is 5.10. The molecule has 1 aromatic carbocycles. The van der Waals surface area contributed by atoms with Crippen molar-refractivity contribution in [2.75, 3.05) is 18.9 Å². The lowest BCUT2D eigenvalue weighted by molar-refractivity contribution is -0.138. The SMILES string of the molecule is CNC(=O)Nc1ccc2c(c1)CC[C@@]21OC(=O)N(CC=O)C1=O. The van der Waals surface area contributed by atoms with E-state index in [2.05, 4.69) is 10.6 Å². The average Bonchev–Trinajstić information content (AvgIpc) is 3.01. The van der Waals surface area contributed by atoms with Gasteiger partial charge in [-0.15, -0.1) is 0 Å². The van der Waals surface area contributed by atoms with Crippen molar-refractivity contribution in [3.05, 3.63) is 29.3 Å². The molecule has 4 amide bonds. The monoisotopic (exact) mass is 317 g/mol. The maximum absolute atomic E-state index is 12.5. The van der Waals surface area contributed by atoms with Gasteiger partial charge in [-0.25, -0.2) is 14.5 Å². The van der Waals surface area contributed by atoms with Crippen molar-refractivity contribution < 1.29 is 23.9 Å². The molecule has 2 aliphatic rings. The van der Waals surface area contributed by atoms with Crippen molar-refractivity contribution in [1.29, 1.82) is 0 Å². The van der Waals surface area contributed by atoms with Gasteiger partial charge < -0.3 is 20.2 Å². The second-order valence-electron chi connectivity index (χ2n) is 5.35. The van der Waals surface area contributed by atoms with Crippen LogP contribution in [-0.2, 0) is 26.3 Å². The summed E-state index contributed by atoms with van der Waals surface area (Å²) in [6.07, 6.45) is 0.547. The molecule has 8 heteroatoms. The number of hydrogen-bond donors (Lipinski definition) is 2. The summed E-state index contributed by atoms with van der Waals surface area (Å²) in [4.78, 5) is 47.2. The summed E-state index contributed by atoms with van der Waals surface area (Å²) >= 11 is 0. The zero-order chi connectivity index (χ0) is 16.6. The van der Waals surface area contributed by atoms with E-state index >= 15 is 0 Å². The highest BCUT2D eigenvalue weighted by atomic mass is 16.6. The maximum Gasteiger partial charge on any atom is 0.418 e. The lowest BCUT2D eigenvalue weighted by atomic mass is 9.94. The second kappa shape index (κ2) is 5.38. The number of aldehydes is 1. The highest BCUT2D eigenvalue weighted by Gasteiger charge is 2.57. The maximum atomic E-state index is 12.5. The van der Waals surface area contributed by atoms with Crippen molar-refractivity contribution in [3.63, 3.8) is 0 Å². The molecule has 1 aliphatic heterocycles. The number of carbonyl (C=O) groups excluding carboxylic acids is 4. The van der Waals surface area contributed by atoms with E-state index in [1.807, 2.05) is 0 Å². The minimum absolute atomic E-state index is 0.314. The molecule has 0 saturated carbocycles. The topological polar surface area (TPSA) is 105 Å². The number of nitrogens with one attached hydrogen (secondary N) is 2. The van der Waals surface area contributed by atoms with Crippen LogP contribution in [-0.4, -0.2) is 42.8 Å². The summed E-state index contributed by atoms with van der Waals surface area (Å²) in [7, 11) is 1.51. The first-order valence-electron chi connectivity index (χ1n) is 7.12. The number of ether oxygens (including phenoxy) is 1. The molecular formula is C15H15N3O5. The Bertz CT molecular complexity index is 717. The third-order valence-corrected chi connectivity index (χ3v) is 4.10. The lowest BCUT2D eigenvalue weighted by Crippen LogP contribution is -2.38. The fourth-order valence-corrected chi connectivity index (χ4v) is 3.02. The van der Waals surface area contributed by atoms with E-state index in [9.17, 15) is 19.2 Å². The van der Waals surface area contributed by atoms with Crippen LogP contribution in [0.1, 0.15) is 17.5 Å². The van der Waals surface area contributed by atoms with E-state index in [0.29, 0.717) is 30.4 Å². The quantitative estimate of drug-likeness (QED) is 0.801. The van der Waals surface area contributed by atoms with Crippen LogP contribution < -0.4 is 10.6 Å². The van der Waals surface area contributed by atoms with Crippen LogP contribution in [0.25, 0.3) is 0 Å². The molecule has 0 radical (unpaired) electrons. The van der Waals surface area contributed by atoms with Gasteiger partial charge in [0, 0.05) is 24.7 Å². The first-order chi connectivity index (χ1) is 11.0. The molecule has 0 aromatic heterocycles. The van der Waals surface area contributed by atoms with E-state index in [1.54, 1.807) is 18.2 Å². The van der Waals surface area contributed by atoms with Gasteiger partial charge in [0.05, 0.1) is 6.54 Å². The van der Waals surface area contributed by atoms with Crippen LogP contribution in [0.2, 0.25) is 0 Å². The molecular weight excluding hydrogens is 302 g/mol. The van der Waals surface area contributed by atoms with Crippen molar-refractivity contribution in [1.82, 2.24) is 10.2 Å². The molecule has 0 unspecified atom stereocenters. The Morgan fingerprint density at radius 3 is 2.91 bits per heavy atom. The fraction of sp³-hybridized carbons (Fsp3) is 0.333. The number of anilines is 1. The lowest BCUT2D eigenvalue weighted by Gasteiger charge is -2.20. The van der Waals surface area contributed by atoms with Gasteiger partial charge in [0.1, 0.15) is 6.29 Å². The van der Waals surface area contributed by atoms with Gasteiger partial charge >= 0.3 is 12.1 Å². The molecule has 23 heavy (non-hydrogen) atoms. The predicted octanol–water partition coefficient (Wildman–Crippen LogP) is 0.757. The minimum Gasteiger partial charge on any atom is -0.427 e. The zero-order valence-corrected chi connectivity index (χ0v) is 12.4. The minimum atomic E-state index is -1.35. The van der Waals surface area contributed by atoms with Gasteiger partial charge in [-0.3, -0.25) is 4.79 Å². The van der Waals surface area contributed by atoms with Gasteiger partial charge in [0.2, 0.25) is 5.60 Å². The standard InChI is InChI=1S/C15H15N3O5/c1-16-13(21)17-10-2-3-11-9(8-10)4-5-15(11)12(20)18(6-7-19)14(22)23-15/h2-3,7-8H,4-6H2,1H3,(H2,16,17,21)/t15-/m1/s1. The number of benzene rings is 1. The molecule has 0 bridgehead atoms. The molecule has 1 atom stereocenters. The van der Waals surface area contributed by atoms with E-state index in [0.717, 1.165) is 10.5 Å². The van der Waals surface area contributed by atoms with Gasteiger partial charge in [-0.1, -0.05) is 6.07 Å². The summed E-state index contributed by atoms with van der Waals surface area (Å²) < 4.78 is 5.33. The summed E-state index contributed by atoms with van der Waals surface area (Å²) in [6, 6.07) is 4.72. The van der Waals surface area contributed by atoms with Crippen molar-refractivity contribution in [2.45, 2.75) is 18.4 Å². The Hall–Kier alpha value is -2.90. The first kappa shape index (κ1) is 15.0. The number of carbonyl (C=O) groups is 4. The third kappa shape index (κ3) is 2.23. The number of aryl methyl sites for hydroxylation is 1. The number of imide groups is 1. The van der Waals surface area contributed by atoms with Crippen LogP contribution in [0.5, 0.6) is 0 Å². The van der Waals surface area contributed by atoms with E-state index in [1.165, 1.54) is 7.05 Å². The van der Waals surface area contributed by atoms with Crippen molar-refractivity contribution in [3.8, 4) is 0 Å². The third-order valence-electron chi connectivity index (χ3n) is 4.10. The van der Waals surface area contributed by atoms with Crippen LogP contribution >= 0.6 is 0 Å². The van der Waals surface area contributed by atoms with Gasteiger partial charge in [-0.2, -0.15) is 0 Å². The molecule has 1 fully saturated rings. The average molecular weight is 317 g/mol. The summed E-state index contributed by atoms with van der Waals surface area (Å²) in [6.45, 7) is -0.314. The first-order valence-corrected chi connectivity index (χ1v) is 7.12. The summed E-state index contributed by atoms with van der Waals surface area (Å²) in [5.41, 5.74) is 0.669. The Labute approximate surface area is 131 Å². The van der Waals surface area contributed by atoms with Gasteiger partial charge in [0.15, 0.2) is 0 Å². The van der Waals surface area contributed by atoms with Crippen LogP contribution in [0.3, 0.4) is 0 Å². The smallest absolute Gasteiger partial charge is 0.418 e. The van der Waals surface area contributed by atoms with E-state index in [4.69, 9.17) is 4.74 Å². The fourth-order valence-electron chi connectivity index (χ4n) is 3.02. The van der Waals surface area contributed by atoms with Crippen molar-refractivity contribution in [2.24, 2.45) is 0 Å². The number of amides is 4. The molecule has 120 valence electrons. The Balaban J connectivity index is 1.93. The molecule has 1 aromatic rings. The number of urea groups is 1. The number of fused-ring (bicyclic) bond motifs is 2. The highest BCUT2D eigenvalue weighted by molar-refractivity contribution is 6.05. The molecule has 1 heterocycles. The van der Waals surface area contributed by atoms with Crippen molar-refractivity contribution >= 4 is 30.0 Å². The molecule has 1 spiro atoms. The zero-order valence-electron chi connectivity index (χ0n) is 12.4. The molecule has 1 saturated heterocycles. The molecule has 3 rings (SSSR count). The van der Waals surface area contributed by atoms with Crippen LogP contribution in [0.4, 0.5) is 15.3 Å². The van der Waals surface area contributed by atoms with Gasteiger partial charge in [-0.05, 0) is 24.1 Å². The Morgan fingerprint density at radius 2 is 2.22 bits per heavy atom. The van der Waals surface area contributed by atoms with E-state index < -0.39 is 17.6 Å². The van der Waals surface area contributed by atoms with Crippen LogP contribution in [0.15, 0.2) is 18.2 Å². The number of nitrogens with zero attached hydrogens (tertiary/aromatic N) is 1. The van der Waals surface area contributed by atoms with Crippen LogP contribution in [0, 0.1) is 0 Å². The number of hydrogen-bond acceptors (Lipinski definition) is 5. The Morgan fingerprint density at radius 1 is 1.43 bits per heavy atom. The summed E-state index contributed by atoms with van der Waals surface area (Å²) in [5.74, 6) is -0.514. The largest absolute Gasteiger partial charge is 0.427 e. The predicted molar refractivity (Wildman–Crippen MR) is 78.8 cm³/mol.